The molecule has 0 saturated carbocycles. The van der Waals surface area contributed by atoms with Crippen LogP contribution in [0.5, 0.6) is 5.75 Å². The van der Waals surface area contributed by atoms with Crippen molar-refractivity contribution in [2.45, 2.75) is 13.5 Å². The molecule has 0 spiro atoms. The van der Waals surface area contributed by atoms with Gasteiger partial charge in [0.05, 0.1) is 7.11 Å². The van der Waals surface area contributed by atoms with Crippen LogP contribution in [0.25, 0.3) is 17.2 Å². The lowest BCUT2D eigenvalue weighted by atomic mass is 10.0. The van der Waals surface area contributed by atoms with E-state index in [0.717, 1.165) is 55.3 Å². The molecule has 0 atom stereocenters. The van der Waals surface area contributed by atoms with Gasteiger partial charge in [-0.3, -0.25) is 9.69 Å². The van der Waals surface area contributed by atoms with Gasteiger partial charge >= 0.3 is 0 Å². The first-order valence-corrected chi connectivity index (χ1v) is 13.4. The molecule has 5 rings (SSSR count). The maximum absolute atomic E-state index is 12.5. The Hall–Kier alpha value is -4.35. The third-order valence-corrected chi connectivity index (χ3v) is 7.14. The van der Waals surface area contributed by atoms with Gasteiger partial charge in [-0.1, -0.05) is 60.2 Å². The Morgan fingerprint density at radius 1 is 0.846 bits per heavy atom. The average molecular weight is 518 g/mol. The number of piperazine rings is 1. The number of carbonyl (C=O) groups is 1. The fourth-order valence-corrected chi connectivity index (χ4v) is 4.83. The minimum Gasteiger partial charge on any atom is -0.497 e. The van der Waals surface area contributed by atoms with Crippen LogP contribution in [0.3, 0.4) is 0 Å². The summed E-state index contributed by atoms with van der Waals surface area (Å²) in [6.07, 6.45) is 3.44. The second-order valence-corrected chi connectivity index (χ2v) is 9.97. The van der Waals surface area contributed by atoms with Crippen LogP contribution in [-0.2, 0) is 11.3 Å². The summed E-state index contributed by atoms with van der Waals surface area (Å²) in [6.45, 7) is 7.02. The van der Waals surface area contributed by atoms with Gasteiger partial charge < -0.3 is 15.0 Å². The van der Waals surface area contributed by atoms with E-state index >= 15 is 0 Å². The summed E-state index contributed by atoms with van der Waals surface area (Å²) in [5.74, 6) is 0.745. The molecule has 1 N–H and O–H groups in total. The molecule has 0 unspecified atom stereocenters. The van der Waals surface area contributed by atoms with Crippen molar-refractivity contribution in [3.8, 4) is 16.9 Å². The molecule has 1 saturated heterocycles. The Balaban J connectivity index is 1.10. The Kier molecular flexibility index (Phi) is 8.39. The van der Waals surface area contributed by atoms with Crippen molar-refractivity contribution in [1.29, 1.82) is 0 Å². The highest BCUT2D eigenvalue weighted by Gasteiger charge is 2.17. The summed E-state index contributed by atoms with van der Waals surface area (Å²) in [4.78, 5) is 17.4. The minimum atomic E-state index is -0.141. The van der Waals surface area contributed by atoms with Crippen LogP contribution in [0.15, 0.2) is 103 Å². The molecule has 4 aromatic rings. The molecule has 0 bridgehead atoms. The van der Waals surface area contributed by atoms with E-state index in [1.165, 1.54) is 22.4 Å². The number of methoxy groups -OCH3 is 1. The summed E-state index contributed by atoms with van der Waals surface area (Å²) in [5, 5.41) is 2.97. The fourth-order valence-electron chi connectivity index (χ4n) is 4.83. The second kappa shape index (κ2) is 12.5. The number of aryl methyl sites for hydroxylation is 1. The first kappa shape index (κ1) is 26.3. The molecule has 39 heavy (non-hydrogen) atoms. The minimum absolute atomic E-state index is 0.141. The number of nitrogens with zero attached hydrogens (tertiary/aromatic N) is 2. The van der Waals surface area contributed by atoms with E-state index < -0.39 is 0 Å². The summed E-state index contributed by atoms with van der Waals surface area (Å²) < 4.78 is 5.27. The first-order valence-electron chi connectivity index (χ1n) is 13.4. The molecular weight excluding hydrogens is 482 g/mol. The van der Waals surface area contributed by atoms with Crippen LogP contribution in [0.1, 0.15) is 16.7 Å². The van der Waals surface area contributed by atoms with Crippen LogP contribution in [-0.4, -0.2) is 44.1 Å². The van der Waals surface area contributed by atoms with Gasteiger partial charge in [0.15, 0.2) is 0 Å². The number of hydrogen-bond acceptors (Lipinski definition) is 4. The third-order valence-electron chi connectivity index (χ3n) is 7.14. The molecule has 5 heteroatoms. The normalized spacial score (nSPS) is 13.9. The lowest BCUT2D eigenvalue weighted by Gasteiger charge is -2.36. The second-order valence-electron chi connectivity index (χ2n) is 9.97. The van der Waals surface area contributed by atoms with E-state index in [2.05, 4.69) is 82.7 Å². The van der Waals surface area contributed by atoms with Crippen LogP contribution in [0.2, 0.25) is 0 Å². The Morgan fingerprint density at radius 2 is 1.56 bits per heavy atom. The van der Waals surface area contributed by atoms with Crippen LogP contribution in [0.4, 0.5) is 11.4 Å². The molecule has 198 valence electrons. The van der Waals surface area contributed by atoms with E-state index in [0.29, 0.717) is 0 Å². The number of hydrogen-bond donors (Lipinski definition) is 1. The number of anilines is 2. The number of rotatable bonds is 8. The number of ether oxygens (including phenoxy) is 1. The zero-order valence-electron chi connectivity index (χ0n) is 22.6. The summed E-state index contributed by atoms with van der Waals surface area (Å²) in [6, 6.07) is 33.1. The lowest BCUT2D eigenvalue weighted by molar-refractivity contribution is -0.111. The van der Waals surface area contributed by atoms with E-state index in [1.807, 2.05) is 42.5 Å². The van der Waals surface area contributed by atoms with Gasteiger partial charge in [-0.25, -0.2) is 0 Å². The predicted octanol–water partition coefficient (Wildman–Crippen LogP) is 6.64. The summed E-state index contributed by atoms with van der Waals surface area (Å²) in [7, 11) is 1.69. The van der Waals surface area contributed by atoms with Crippen LogP contribution < -0.4 is 15.0 Å². The van der Waals surface area contributed by atoms with Crippen LogP contribution in [0, 0.1) is 6.92 Å². The molecule has 1 amide bonds. The molecule has 1 fully saturated rings. The first-order chi connectivity index (χ1) is 19.1. The molecular formula is C34H35N3O2. The summed E-state index contributed by atoms with van der Waals surface area (Å²) >= 11 is 0. The SMILES string of the molecule is COc1ccc(N2CCN(Cc3ccc(NC(=O)C=Cc4cccc(-c5ccc(C)cc5)c4)cc3)CC2)cc1. The molecule has 0 aromatic heterocycles. The number of carbonyl (C=O) groups excluding carboxylic acids is 1. The number of amides is 1. The van der Waals surface area contributed by atoms with E-state index in [-0.39, 0.29) is 5.91 Å². The number of benzene rings is 4. The highest BCUT2D eigenvalue weighted by Crippen LogP contribution is 2.23. The van der Waals surface area contributed by atoms with Crippen molar-refractivity contribution in [2.24, 2.45) is 0 Å². The highest BCUT2D eigenvalue weighted by molar-refractivity contribution is 6.02. The van der Waals surface area contributed by atoms with Gasteiger partial charge in [0.2, 0.25) is 5.91 Å². The maximum Gasteiger partial charge on any atom is 0.248 e. The Bertz CT molecular complexity index is 1400. The molecule has 1 aliphatic heterocycles. The molecule has 5 nitrogen and oxygen atoms in total. The van der Waals surface area contributed by atoms with Gasteiger partial charge in [0.1, 0.15) is 5.75 Å². The predicted molar refractivity (Wildman–Crippen MR) is 161 cm³/mol. The van der Waals surface area contributed by atoms with Crippen molar-refractivity contribution in [3.63, 3.8) is 0 Å². The Morgan fingerprint density at radius 3 is 2.26 bits per heavy atom. The smallest absolute Gasteiger partial charge is 0.248 e. The quantitative estimate of drug-likeness (QED) is 0.266. The maximum atomic E-state index is 12.5. The topological polar surface area (TPSA) is 44.8 Å². The van der Waals surface area contributed by atoms with Crippen molar-refractivity contribution in [1.82, 2.24) is 4.90 Å². The van der Waals surface area contributed by atoms with Crippen LogP contribution >= 0.6 is 0 Å². The zero-order chi connectivity index (χ0) is 27.0. The fraction of sp³-hybridized carbons (Fsp3) is 0.206. The molecule has 1 aliphatic rings. The van der Waals surface area contributed by atoms with Gasteiger partial charge in [0.25, 0.3) is 0 Å². The van der Waals surface area contributed by atoms with Gasteiger partial charge in [-0.2, -0.15) is 0 Å². The standard InChI is InChI=1S/C34H35N3O2/c1-26-6-11-29(12-7-26)30-5-3-4-27(24-30)10-19-34(38)35-31-13-8-28(9-14-31)25-36-20-22-37(23-21-36)32-15-17-33(39-2)18-16-32/h3-19,24H,20-23,25H2,1-2H3,(H,35,38). The van der Waals surface area contributed by atoms with Gasteiger partial charge in [-0.05, 0) is 77.7 Å². The lowest BCUT2D eigenvalue weighted by Crippen LogP contribution is -2.45. The average Bonchev–Trinajstić information content (AvgIpc) is 2.98. The zero-order valence-corrected chi connectivity index (χ0v) is 22.6. The number of nitrogens with one attached hydrogen (secondary N) is 1. The molecule has 4 aromatic carbocycles. The van der Waals surface area contributed by atoms with E-state index in [4.69, 9.17) is 4.74 Å². The molecule has 1 heterocycles. The van der Waals surface area contributed by atoms with Crippen molar-refractivity contribution >= 4 is 23.4 Å². The van der Waals surface area contributed by atoms with Gasteiger partial charge in [0, 0.05) is 50.2 Å². The summed E-state index contributed by atoms with van der Waals surface area (Å²) in [5.41, 5.74) is 7.81. The van der Waals surface area contributed by atoms with Crippen molar-refractivity contribution in [3.05, 3.63) is 120 Å². The molecule has 0 radical (unpaired) electrons. The van der Waals surface area contributed by atoms with E-state index in [9.17, 15) is 4.79 Å². The van der Waals surface area contributed by atoms with Gasteiger partial charge in [-0.15, -0.1) is 0 Å². The van der Waals surface area contributed by atoms with Crippen molar-refractivity contribution < 1.29 is 9.53 Å². The Labute approximate surface area is 231 Å². The largest absolute Gasteiger partial charge is 0.497 e. The monoisotopic (exact) mass is 517 g/mol. The highest BCUT2D eigenvalue weighted by atomic mass is 16.5. The van der Waals surface area contributed by atoms with E-state index in [1.54, 1.807) is 13.2 Å². The third kappa shape index (κ3) is 7.15. The van der Waals surface area contributed by atoms with Crippen molar-refractivity contribution in [2.75, 3.05) is 43.5 Å². The molecule has 0 aliphatic carbocycles.